The lowest BCUT2D eigenvalue weighted by atomic mass is 9.99. The van der Waals surface area contributed by atoms with Crippen molar-refractivity contribution in [3.05, 3.63) is 52.0 Å². The molecule has 0 bridgehead atoms. The first-order valence-electron chi connectivity index (χ1n) is 7.02. The third kappa shape index (κ3) is 3.17. The SMILES string of the molecule is CCCCc1ccc(C(=O)c2c(Cl)cc(O)c(O)c2O)cc1. The Balaban J connectivity index is 2.34. The number of halogens is 1. The molecule has 0 amide bonds. The molecule has 0 atom stereocenters. The number of benzene rings is 2. The number of rotatable bonds is 5. The Hall–Kier alpha value is -2.20. The van der Waals surface area contributed by atoms with E-state index >= 15 is 0 Å². The van der Waals surface area contributed by atoms with Crippen molar-refractivity contribution in [2.75, 3.05) is 0 Å². The monoisotopic (exact) mass is 320 g/mol. The van der Waals surface area contributed by atoms with Crippen LogP contribution in [-0.2, 0) is 6.42 Å². The zero-order valence-corrected chi connectivity index (χ0v) is 12.9. The number of carbonyl (C=O) groups excluding carboxylic acids is 1. The van der Waals surface area contributed by atoms with Gasteiger partial charge in [-0.2, -0.15) is 0 Å². The van der Waals surface area contributed by atoms with E-state index in [-0.39, 0.29) is 10.6 Å². The van der Waals surface area contributed by atoms with Gasteiger partial charge in [-0.3, -0.25) is 4.79 Å². The number of phenolic OH excluding ortho intramolecular Hbond substituents is 3. The average Bonchev–Trinajstić information content (AvgIpc) is 2.51. The van der Waals surface area contributed by atoms with Crippen LogP contribution >= 0.6 is 11.6 Å². The molecule has 0 heterocycles. The first-order chi connectivity index (χ1) is 10.5. The van der Waals surface area contributed by atoms with Crippen LogP contribution in [-0.4, -0.2) is 21.1 Å². The zero-order chi connectivity index (χ0) is 16.3. The smallest absolute Gasteiger partial charge is 0.201 e. The molecule has 0 spiro atoms. The minimum atomic E-state index is -0.757. The molecule has 0 fully saturated rings. The molecule has 2 aromatic carbocycles. The van der Waals surface area contributed by atoms with Crippen LogP contribution in [0.1, 0.15) is 41.3 Å². The molecule has 3 N–H and O–H groups in total. The molecular weight excluding hydrogens is 304 g/mol. The molecule has 0 aliphatic heterocycles. The van der Waals surface area contributed by atoms with Crippen molar-refractivity contribution in [2.45, 2.75) is 26.2 Å². The molecule has 0 aliphatic rings. The van der Waals surface area contributed by atoms with Gasteiger partial charge in [0.2, 0.25) is 5.75 Å². The summed E-state index contributed by atoms with van der Waals surface area (Å²) in [6, 6.07) is 8.06. The van der Waals surface area contributed by atoms with Crippen molar-refractivity contribution < 1.29 is 20.1 Å². The summed E-state index contributed by atoms with van der Waals surface area (Å²) < 4.78 is 0. The van der Waals surface area contributed by atoms with Gasteiger partial charge in [-0.25, -0.2) is 0 Å². The summed E-state index contributed by atoms with van der Waals surface area (Å²) >= 11 is 5.90. The third-order valence-electron chi connectivity index (χ3n) is 3.47. The summed E-state index contributed by atoms with van der Waals surface area (Å²) in [7, 11) is 0. The second kappa shape index (κ2) is 6.71. The Bertz CT molecular complexity index is 693. The summed E-state index contributed by atoms with van der Waals surface area (Å²) in [4.78, 5) is 12.4. The van der Waals surface area contributed by atoms with Crippen LogP contribution in [0.15, 0.2) is 30.3 Å². The molecule has 0 unspecified atom stereocenters. The van der Waals surface area contributed by atoms with Gasteiger partial charge in [0.15, 0.2) is 17.3 Å². The number of aryl methyl sites for hydroxylation is 1. The number of aromatic hydroxyl groups is 3. The van der Waals surface area contributed by atoms with E-state index in [0.717, 1.165) is 30.9 Å². The minimum absolute atomic E-state index is 0.118. The minimum Gasteiger partial charge on any atom is -0.504 e. The lowest BCUT2D eigenvalue weighted by molar-refractivity contribution is 0.103. The Morgan fingerprint density at radius 1 is 1.09 bits per heavy atom. The highest BCUT2D eigenvalue weighted by Gasteiger charge is 2.22. The third-order valence-corrected chi connectivity index (χ3v) is 3.77. The van der Waals surface area contributed by atoms with Crippen LogP contribution in [0, 0.1) is 0 Å². The van der Waals surface area contributed by atoms with E-state index < -0.39 is 23.0 Å². The summed E-state index contributed by atoms with van der Waals surface area (Å²) in [6.07, 6.45) is 3.11. The topological polar surface area (TPSA) is 77.8 Å². The fourth-order valence-corrected chi connectivity index (χ4v) is 2.46. The number of hydrogen-bond acceptors (Lipinski definition) is 4. The maximum Gasteiger partial charge on any atom is 0.201 e. The van der Waals surface area contributed by atoms with Gasteiger partial charge in [-0.1, -0.05) is 49.2 Å². The van der Waals surface area contributed by atoms with Crippen LogP contribution in [0.3, 0.4) is 0 Å². The summed E-state index contributed by atoms with van der Waals surface area (Å²) in [5.74, 6) is -2.56. The molecule has 4 nitrogen and oxygen atoms in total. The van der Waals surface area contributed by atoms with Crippen LogP contribution in [0.4, 0.5) is 0 Å². The number of ketones is 1. The predicted octanol–water partition coefficient (Wildman–Crippen LogP) is 4.03. The second-order valence-electron chi connectivity index (χ2n) is 5.08. The highest BCUT2D eigenvalue weighted by atomic mass is 35.5. The largest absolute Gasteiger partial charge is 0.504 e. The molecule has 0 aromatic heterocycles. The first kappa shape index (κ1) is 16.2. The van der Waals surface area contributed by atoms with Crippen molar-refractivity contribution in [2.24, 2.45) is 0 Å². The quantitative estimate of drug-likeness (QED) is 0.574. The van der Waals surface area contributed by atoms with E-state index in [4.69, 9.17) is 11.6 Å². The zero-order valence-electron chi connectivity index (χ0n) is 12.1. The fraction of sp³-hybridized carbons (Fsp3) is 0.235. The predicted molar refractivity (Wildman–Crippen MR) is 84.9 cm³/mol. The lowest BCUT2D eigenvalue weighted by Gasteiger charge is -2.10. The van der Waals surface area contributed by atoms with E-state index in [0.29, 0.717) is 5.56 Å². The number of phenols is 3. The van der Waals surface area contributed by atoms with Crippen LogP contribution in [0.2, 0.25) is 5.02 Å². The number of carbonyl (C=O) groups is 1. The molecule has 0 saturated heterocycles. The maximum absolute atomic E-state index is 12.4. The van der Waals surface area contributed by atoms with Gasteiger partial charge in [0.25, 0.3) is 0 Å². The normalized spacial score (nSPS) is 10.6. The van der Waals surface area contributed by atoms with Crippen molar-refractivity contribution in [1.29, 1.82) is 0 Å². The van der Waals surface area contributed by atoms with Gasteiger partial charge in [-0.15, -0.1) is 0 Å². The summed E-state index contributed by atoms with van der Waals surface area (Å²) in [5.41, 5.74) is 1.25. The van der Waals surface area contributed by atoms with Crippen molar-refractivity contribution in [3.8, 4) is 17.2 Å². The molecule has 0 radical (unpaired) electrons. The molecule has 0 saturated carbocycles. The highest BCUT2D eigenvalue weighted by Crippen LogP contribution is 2.42. The Kier molecular flexibility index (Phi) is 4.93. The number of unbranched alkanes of at least 4 members (excludes halogenated alkanes) is 1. The summed E-state index contributed by atoms with van der Waals surface area (Å²) in [5, 5.41) is 28.6. The average molecular weight is 321 g/mol. The Morgan fingerprint density at radius 2 is 1.73 bits per heavy atom. The van der Waals surface area contributed by atoms with E-state index in [9.17, 15) is 20.1 Å². The highest BCUT2D eigenvalue weighted by molar-refractivity contribution is 6.35. The summed E-state index contributed by atoms with van der Waals surface area (Å²) in [6.45, 7) is 2.11. The van der Waals surface area contributed by atoms with Gasteiger partial charge in [0, 0.05) is 11.6 Å². The van der Waals surface area contributed by atoms with Gasteiger partial charge < -0.3 is 15.3 Å². The second-order valence-corrected chi connectivity index (χ2v) is 5.49. The Morgan fingerprint density at radius 3 is 2.32 bits per heavy atom. The molecular formula is C17H17ClO4. The molecule has 5 heteroatoms. The number of hydrogen-bond donors (Lipinski definition) is 3. The van der Waals surface area contributed by atoms with Gasteiger partial charge in [0.1, 0.15) is 0 Å². The van der Waals surface area contributed by atoms with Gasteiger partial charge >= 0.3 is 0 Å². The van der Waals surface area contributed by atoms with E-state index in [1.54, 1.807) is 12.1 Å². The molecule has 2 aromatic rings. The van der Waals surface area contributed by atoms with Crippen LogP contribution in [0.5, 0.6) is 17.2 Å². The van der Waals surface area contributed by atoms with Gasteiger partial charge in [0.05, 0.1) is 10.6 Å². The first-order valence-corrected chi connectivity index (χ1v) is 7.40. The van der Waals surface area contributed by atoms with E-state index in [2.05, 4.69) is 6.92 Å². The molecule has 22 heavy (non-hydrogen) atoms. The Labute approximate surface area is 133 Å². The standard InChI is InChI=1S/C17H17ClO4/c1-2-3-4-10-5-7-11(8-6-10)15(20)14-12(18)9-13(19)16(21)17(14)22/h5-9,19,21-22H,2-4H2,1H3. The molecule has 2 rings (SSSR count). The van der Waals surface area contributed by atoms with Crippen molar-refractivity contribution in [1.82, 2.24) is 0 Å². The van der Waals surface area contributed by atoms with Crippen molar-refractivity contribution in [3.63, 3.8) is 0 Å². The van der Waals surface area contributed by atoms with Crippen LogP contribution in [0.25, 0.3) is 0 Å². The van der Waals surface area contributed by atoms with E-state index in [1.165, 1.54) is 0 Å². The van der Waals surface area contributed by atoms with Gasteiger partial charge in [-0.05, 0) is 18.4 Å². The fourth-order valence-electron chi connectivity index (χ4n) is 2.18. The molecule has 116 valence electrons. The van der Waals surface area contributed by atoms with Crippen LogP contribution < -0.4 is 0 Å². The van der Waals surface area contributed by atoms with E-state index in [1.807, 2.05) is 12.1 Å². The van der Waals surface area contributed by atoms with Crippen molar-refractivity contribution >= 4 is 17.4 Å². The lowest BCUT2D eigenvalue weighted by Crippen LogP contribution is -2.03. The maximum atomic E-state index is 12.4. The molecule has 0 aliphatic carbocycles.